The molecule has 0 spiro atoms. The average Bonchev–Trinajstić information content (AvgIpc) is 2.70. The van der Waals surface area contributed by atoms with Gasteiger partial charge >= 0.3 is 6.18 Å². The standard InChI is InChI=1S/C19H19F3N4O3/c1-3-29-18-10-13(4-7-17(18)28-2)12-24-15-6-5-14(19(20,21)22)11-16(15)26(25-27)9-8-23/h4-7,10-11,24H,3,9,12H2,1-2H3. The van der Waals surface area contributed by atoms with Gasteiger partial charge in [-0.2, -0.15) is 18.4 Å². The molecule has 0 saturated carbocycles. The van der Waals surface area contributed by atoms with Gasteiger partial charge in [0, 0.05) is 6.54 Å². The number of rotatable bonds is 9. The highest BCUT2D eigenvalue weighted by Gasteiger charge is 2.32. The number of nitriles is 1. The summed E-state index contributed by atoms with van der Waals surface area (Å²) < 4.78 is 49.9. The molecule has 0 aliphatic heterocycles. The van der Waals surface area contributed by atoms with Crippen LogP contribution in [-0.4, -0.2) is 20.3 Å². The Bertz CT molecular complexity index is 897. The number of benzene rings is 2. The second-order valence-electron chi connectivity index (χ2n) is 5.80. The molecule has 2 aromatic rings. The van der Waals surface area contributed by atoms with E-state index in [2.05, 4.69) is 10.6 Å². The zero-order valence-corrected chi connectivity index (χ0v) is 15.8. The number of hydrogen-bond donors (Lipinski definition) is 1. The zero-order valence-electron chi connectivity index (χ0n) is 15.8. The van der Waals surface area contributed by atoms with Gasteiger partial charge in [0.2, 0.25) is 0 Å². The maximum absolute atomic E-state index is 13.1. The van der Waals surface area contributed by atoms with Crippen LogP contribution in [0, 0.1) is 16.2 Å². The van der Waals surface area contributed by atoms with Crippen molar-refractivity contribution in [1.29, 1.82) is 5.26 Å². The molecule has 0 aliphatic rings. The van der Waals surface area contributed by atoms with Gasteiger partial charge in [-0.05, 0) is 42.8 Å². The van der Waals surface area contributed by atoms with Crippen LogP contribution in [0.3, 0.4) is 0 Å². The molecule has 0 aliphatic carbocycles. The summed E-state index contributed by atoms with van der Waals surface area (Å²) in [6.45, 7) is 2.00. The van der Waals surface area contributed by atoms with E-state index in [9.17, 15) is 18.1 Å². The monoisotopic (exact) mass is 408 g/mol. The number of alkyl halides is 3. The van der Waals surface area contributed by atoms with Crippen molar-refractivity contribution in [3.63, 3.8) is 0 Å². The van der Waals surface area contributed by atoms with Crippen LogP contribution in [-0.2, 0) is 12.7 Å². The van der Waals surface area contributed by atoms with Gasteiger partial charge in [-0.25, -0.2) is 5.01 Å². The molecule has 0 radical (unpaired) electrons. The van der Waals surface area contributed by atoms with Crippen molar-refractivity contribution in [1.82, 2.24) is 0 Å². The Hall–Kier alpha value is -3.48. The number of nitroso groups, excluding NO2 is 1. The lowest BCUT2D eigenvalue weighted by molar-refractivity contribution is -0.137. The van der Waals surface area contributed by atoms with E-state index in [4.69, 9.17) is 14.7 Å². The minimum Gasteiger partial charge on any atom is -0.493 e. The Morgan fingerprint density at radius 3 is 2.55 bits per heavy atom. The molecule has 0 amide bonds. The maximum atomic E-state index is 13.1. The molecule has 0 bridgehead atoms. The van der Waals surface area contributed by atoms with Gasteiger partial charge in [-0.15, -0.1) is 4.91 Å². The fourth-order valence-corrected chi connectivity index (χ4v) is 2.59. The lowest BCUT2D eigenvalue weighted by Crippen LogP contribution is -2.18. The molecule has 10 heteroatoms. The fourth-order valence-electron chi connectivity index (χ4n) is 2.59. The summed E-state index contributed by atoms with van der Waals surface area (Å²) >= 11 is 0. The topological polar surface area (TPSA) is 87.0 Å². The predicted octanol–water partition coefficient (Wildman–Crippen LogP) is 4.74. The summed E-state index contributed by atoms with van der Waals surface area (Å²) in [5, 5.41) is 15.1. The minimum absolute atomic E-state index is 0.144. The fraction of sp³-hybridized carbons (Fsp3) is 0.316. The summed E-state index contributed by atoms with van der Waals surface area (Å²) in [6, 6.07) is 9.79. The first kappa shape index (κ1) is 21.8. The molecule has 0 saturated heterocycles. The number of halogens is 3. The van der Waals surface area contributed by atoms with Crippen LogP contribution < -0.4 is 19.8 Å². The first-order valence-electron chi connectivity index (χ1n) is 8.56. The quantitative estimate of drug-likeness (QED) is 0.367. The number of nitrogens with one attached hydrogen (secondary N) is 1. The molecule has 0 unspecified atom stereocenters. The van der Waals surface area contributed by atoms with E-state index >= 15 is 0 Å². The van der Waals surface area contributed by atoms with Gasteiger partial charge in [0.15, 0.2) is 11.5 Å². The van der Waals surface area contributed by atoms with E-state index in [-0.39, 0.29) is 17.9 Å². The van der Waals surface area contributed by atoms with Crippen LogP contribution in [0.1, 0.15) is 18.1 Å². The molecule has 0 aromatic heterocycles. The third kappa shape index (κ3) is 5.51. The lowest BCUT2D eigenvalue weighted by atomic mass is 10.1. The SMILES string of the molecule is CCOc1cc(CNc2ccc(C(F)(F)F)cc2N(CC#N)N=O)ccc1OC. The second-order valence-corrected chi connectivity index (χ2v) is 5.80. The molecule has 29 heavy (non-hydrogen) atoms. The Kier molecular flexibility index (Phi) is 7.25. The molecule has 2 rings (SSSR count). The number of methoxy groups -OCH3 is 1. The van der Waals surface area contributed by atoms with Gasteiger partial charge < -0.3 is 14.8 Å². The van der Waals surface area contributed by atoms with Gasteiger partial charge in [0.25, 0.3) is 0 Å². The van der Waals surface area contributed by atoms with Crippen LogP contribution in [0.2, 0.25) is 0 Å². The Balaban J connectivity index is 2.33. The lowest BCUT2D eigenvalue weighted by Gasteiger charge is -2.19. The van der Waals surface area contributed by atoms with Gasteiger partial charge in [-0.1, -0.05) is 6.07 Å². The second kappa shape index (κ2) is 9.64. The normalized spacial score (nSPS) is 10.8. The summed E-state index contributed by atoms with van der Waals surface area (Å²) in [6.07, 6.45) is -4.60. The summed E-state index contributed by atoms with van der Waals surface area (Å²) in [5.41, 5.74) is -0.102. The van der Waals surface area contributed by atoms with Crippen molar-refractivity contribution in [2.75, 3.05) is 30.6 Å². The van der Waals surface area contributed by atoms with Crippen molar-refractivity contribution < 1.29 is 22.6 Å². The first-order valence-corrected chi connectivity index (χ1v) is 8.56. The van der Waals surface area contributed by atoms with Crippen molar-refractivity contribution in [2.24, 2.45) is 5.29 Å². The van der Waals surface area contributed by atoms with Crippen LogP contribution >= 0.6 is 0 Å². The molecule has 2 aromatic carbocycles. The van der Waals surface area contributed by atoms with Gasteiger partial charge in [0.05, 0.1) is 42.0 Å². The largest absolute Gasteiger partial charge is 0.493 e. The van der Waals surface area contributed by atoms with Crippen molar-refractivity contribution in [3.8, 4) is 17.6 Å². The van der Waals surface area contributed by atoms with Gasteiger partial charge in [-0.3, -0.25) is 0 Å². The molecule has 0 heterocycles. The number of ether oxygens (including phenoxy) is 2. The zero-order chi connectivity index (χ0) is 21.4. The number of anilines is 2. The Labute approximate surface area is 165 Å². The predicted molar refractivity (Wildman–Crippen MR) is 102 cm³/mol. The van der Waals surface area contributed by atoms with Crippen LogP contribution in [0.15, 0.2) is 41.7 Å². The van der Waals surface area contributed by atoms with Crippen molar-refractivity contribution in [3.05, 3.63) is 52.4 Å². The van der Waals surface area contributed by atoms with E-state index in [0.717, 1.165) is 17.7 Å². The molecule has 0 atom stereocenters. The van der Waals surface area contributed by atoms with E-state index in [1.165, 1.54) is 13.2 Å². The minimum atomic E-state index is -4.60. The Morgan fingerprint density at radius 2 is 1.97 bits per heavy atom. The van der Waals surface area contributed by atoms with E-state index < -0.39 is 18.3 Å². The third-order valence-corrected chi connectivity index (χ3v) is 3.93. The van der Waals surface area contributed by atoms with Gasteiger partial charge in [0.1, 0.15) is 6.54 Å². The number of nitrogens with zero attached hydrogens (tertiary/aromatic N) is 3. The average molecular weight is 408 g/mol. The van der Waals surface area contributed by atoms with E-state index in [1.807, 2.05) is 6.92 Å². The summed E-state index contributed by atoms with van der Waals surface area (Å²) in [5.74, 6) is 1.08. The molecular formula is C19H19F3N4O3. The first-order chi connectivity index (χ1) is 13.8. The number of hydrogen-bond acceptors (Lipinski definition) is 6. The van der Waals surface area contributed by atoms with Crippen molar-refractivity contribution >= 4 is 11.4 Å². The third-order valence-electron chi connectivity index (χ3n) is 3.93. The highest BCUT2D eigenvalue weighted by atomic mass is 19.4. The Morgan fingerprint density at radius 1 is 1.21 bits per heavy atom. The molecule has 0 fully saturated rings. The molecule has 154 valence electrons. The summed E-state index contributed by atoms with van der Waals surface area (Å²) in [4.78, 5) is 11.1. The van der Waals surface area contributed by atoms with E-state index in [1.54, 1.807) is 24.3 Å². The smallest absolute Gasteiger partial charge is 0.416 e. The summed E-state index contributed by atoms with van der Waals surface area (Å²) in [7, 11) is 1.51. The highest BCUT2D eigenvalue weighted by Crippen LogP contribution is 2.36. The maximum Gasteiger partial charge on any atom is 0.416 e. The van der Waals surface area contributed by atoms with Crippen LogP contribution in [0.25, 0.3) is 0 Å². The van der Waals surface area contributed by atoms with E-state index in [0.29, 0.717) is 23.1 Å². The van der Waals surface area contributed by atoms with Crippen molar-refractivity contribution in [2.45, 2.75) is 19.6 Å². The molecule has 1 N–H and O–H groups in total. The van der Waals surface area contributed by atoms with Crippen LogP contribution in [0.5, 0.6) is 11.5 Å². The molecular weight excluding hydrogens is 389 g/mol. The van der Waals surface area contributed by atoms with Crippen LogP contribution in [0.4, 0.5) is 24.5 Å². The highest BCUT2D eigenvalue weighted by molar-refractivity contribution is 5.71. The molecule has 7 nitrogen and oxygen atoms in total.